The Morgan fingerprint density at radius 2 is 2.14 bits per heavy atom. The summed E-state index contributed by atoms with van der Waals surface area (Å²) in [6, 6.07) is 2.09. The van der Waals surface area contributed by atoms with Gasteiger partial charge < -0.3 is 5.32 Å². The Morgan fingerprint density at radius 3 is 2.59 bits per heavy atom. The van der Waals surface area contributed by atoms with E-state index in [-0.39, 0.29) is 11.2 Å². The van der Waals surface area contributed by atoms with Crippen LogP contribution in [0.25, 0.3) is 0 Å². The molecule has 0 saturated heterocycles. The number of carbonyl (C=O) groups is 1. The number of rotatable bonds is 5. The number of thiophene rings is 1. The van der Waals surface area contributed by atoms with Crippen molar-refractivity contribution in [3.8, 4) is 6.07 Å². The van der Waals surface area contributed by atoms with Gasteiger partial charge in [0.1, 0.15) is 16.3 Å². The molecular weight excluding hydrogens is 320 g/mol. The van der Waals surface area contributed by atoms with Gasteiger partial charge in [-0.2, -0.15) is 5.26 Å². The molecule has 0 aromatic carbocycles. The summed E-state index contributed by atoms with van der Waals surface area (Å²) in [6.45, 7) is 10.6. The van der Waals surface area contributed by atoms with E-state index in [0.29, 0.717) is 10.6 Å². The molecule has 0 radical (unpaired) electrons. The van der Waals surface area contributed by atoms with E-state index in [2.05, 4.69) is 18.0 Å². The Balaban J connectivity index is 3.07. The summed E-state index contributed by atoms with van der Waals surface area (Å²) in [7, 11) is -3.58. The molecule has 0 bridgehead atoms. The van der Waals surface area contributed by atoms with E-state index in [1.54, 1.807) is 0 Å². The monoisotopic (exact) mass is 340 g/mol. The van der Waals surface area contributed by atoms with E-state index in [1.807, 2.05) is 26.2 Å². The quantitative estimate of drug-likeness (QED) is 0.835. The average molecular weight is 340 g/mol. The largest absolute Gasteiger partial charge is 0.315 e. The fourth-order valence-corrected chi connectivity index (χ4v) is 3.94. The first-order chi connectivity index (χ1) is 10.0. The zero-order valence-electron chi connectivity index (χ0n) is 13.1. The lowest BCUT2D eigenvalue weighted by atomic mass is 9.86. The second-order valence-electron chi connectivity index (χ2n) is 5.96. The highest BCUT2D eigenvalue weighted by Crippen LogP contribution is 2.35. The van der Waals surface area contributed by atoms with E-state index < -0.39 is 21.0 Å². The fraction of sp³-hybridized carbons (Fsp3) is 0.467. The molecule has 1 N–H and O–H groups in total. The maximum Gasteiger partial charge on any atom is 0.243 e. The van der Waals surface area contributed by atoms with Crippen LogP contribution in [0, 0.1) is 11.3 Å². The predicted octanol–water partition coefficient (Wildman–Crippen LogP) is 2.85. The number of nitrogens with zero attached hydrogens (tertiary/aromatic N) is 1. The van der Waals surface area contributed by atoms with Crippen molar-refractivity contribution in [2.75, 3.05) is 11.1 Å². The molecule has 5 nitrogen and oxygen atoms in total. The van der Waals surface area contributed by atoms with Gasteiger partial charge in [-0.05, 0) is 23.3 Å². The van der Waals surface area contributed by atoms with Crippen molar-refractivity contribution in [1.82, 2.24) is 0 Å². The van der Waals surface area contributed by atoms with Crippen molar-refractivity contribution >= 4 is 32.1 Å². The summed E-state index contributed by atoms with van der Waals surface area (Å²) in [5.74, 6) is -0.898. The summed E-state index contributed by atoms with van der Waals surface area (Å²) >= 11 is 1.23. The van der Waals surface area contributed by atoms with Gasteiger partial charge in [-0.1, -0.05) is 26.8 Å². The van der Waals surface area contributed by atoms with Gasteiger partial charge >= 0.3 is 0 Å². The molecule has 1 rings (SSSR count). The Bertz CT molecular complexity index is 719. The SMILES string of the molecule is C=CCS(=O)(=O)C(C)C(=O)Nc1scc(C(C)(C)C)c1C#N. The number of anilines is 1. The molecule has 1 aromatic heterocycles. The van der Waals surface area contributed by atoms with Crippen LogP contribution in [0.4, 0.5) is 5.00 Å². The molecular formula is C15H20N2O3S2. The molecule has 0 aliphatic carbocycles. The Kier molecular flexibility index (Phi) is 5.54. The van der Waals surface area contributed by atoms with Gasteiger partial charge in [0.05, 0.1) is 11.3 Å². The van der Waals surface area contributed by atoms with Crippen LogP contribution in [0.2, 0.25) is 0 Å². The fourth-order valence-electron chi connectivity index (χ4n) is 1.80. The van der Waals surface area contributed by atoms with Crippen molar-refractivity contribution in [3.63, 3.8) is 0 Å². The van der Waals surface area contributed by atoms with Crippen molar-refractivity contribution in [3.05, 3.63) is 29.2 Å². The summed E-state index contributed by atoms with van der Waals surface area (Å²) in [5.41, 5.74) is 0.988. The molecule has 0 fully saturated rings. The smallest absolute Gasteiger partial charge is 0.243 e. The number of sulfone groups is 1. The van der Waals surface area contributed by atoms with Gasteiger partial charge in [-0.25, -0.2) is 8.42 Å². The second kappa shape index (κ2) is 6.63. The third-order valence-electron chi connectivity index (χ3n) is 3.21. The molecule has 120 valence electrons. The van der Waals surface area contributed by atoms with Gasteiger partial charge in [-0.3, -0.25) is 4.79 Å². The van der Waals surface area contributed by atoms with Crippen molar-refractivity contribution in [2.45, 2.75) is 38.4 Å². The highest BCUT2D eigenvalue weighted by Gasteiger charge is 2.29. The topological polar surface area (TPSA) is 87.0 Å². The standard InChI is InChI=1S/C15H20N2O3S2/c1-6-7-22(19,20)10(2)13(18)17-14-11(8-16)12(9-21-14)15(3,4)5/h6,9-10H,1,7H2,2-5H3,(H,17,18). The zero-order chi connectivity index (χ0) is 17.1. The van der Waals surface area contributed by atoms with Crippen molar-refractivity contribution < 1.29 is 13.2 Å². The summed E-state index contributed by atoms with van der Waals surface area (Å²) < 4.78 is 23.8. The lowest BCUT2D eigenvalue weighted by Gasteiger charge is -2.17. The summed E-state index contributed by atoms with van der Waals surface area (Å²) in [5, 5.41) is 12.9. The molecule has 0 aliphatic rings. The summed E-state index contributed by atoms with van der Waals surface area (Å²) in [4.78, 5) is 12.1. The normalized spacial score (nSPS) is 13.2. The van der Waals surface area contributed by atoms with Crippen LogP contribution in [0.3, 0.4) is 0 Å². The van der Waals surface area contributed by atoms with E-state index in [4.69, 9.17) is 0 Å². The van der Waals surface area contributed by atoms with Gasteiger partial charge in [0.2, 0.25) is 5.91 Å². The molecule has 1 atom stereocenters. The first-order valence-corrected chi connectivity index (χ1v) is 9.29. The van der Waals surface area contributed by atoms with E-state index >= 15 is 0 Å². The Morgan fingerprint density at radius 1 is 1.55 bits per heavy atom. The number of carbonyl (C=O) groups excluding carboxylic acids is 1. The number of nitriles is 1. The number of nitrogens with one attached hydrogen (secondary N) is 1. The molecule has 22 heavy (non-hydrogen) atoms. The first kappa shape index (κ1) is 18.4. The van der Waals surface area contributed by atoms with E-state index in [0.717, 1.165) is 5.56 Å². The Hall–Kier alpha value is -1.65. The van der Waals surface area contributed by atoms with Gasteiger partial charge in [0.25, 0.3) is 0 Å². The molecule has 1 aromatic rings. The second-order valence-corrected chi connectivity index (χ2v) is 9.21. The van der Waals surface area contributed by atoms with E-state index in [9.17, 15) is 18.5 Å². The van der Waals surface area contributed by atoms with Crippen LogP contribution in [0.15, 0.2) is 18.0 Å². The minimum atomic E-state index is -3.58. The maximum atomic E-state index is 12.1. The van der Waals surface area contributed by atoms with Crippen LogP contribution in [0.1, 0.15) is 38.8 Å². The number of hydrogen-bond acceptors (Lipinski definition) is 5. The van der Waals surface area contributed by atoms with Gasteiger partial charge in [0, 0.05) is 0 Å². The molecule has 0 saturated carbocycles. The third kappa shape index (κ3) is 3.96. The minimum Gasteiger partial charge on any atom is -0.315 e. The van der Waals surface area contributed by atoms with E-state index in [1.165, 1.54) is 24.3 Å². The highest BCUT2D eigenvalue weighted by molar-refractivity contribution is 7.92. The molecule has 0 spiro atoms. The molecule has 7 heteroatoms. The molecule has 1 unspecified atom stereocenters. The summed E-state index contributed by atoms with van der Waals surface area (Å²) in [6.07, 6.45) is 1.25. The maximum absolute atomic E-state index is 12.1. The average Bonchev–Trinajstić information content (AvgIpc) is 2.80. The minimum absolute atomic E-state index is 0.231. The lowest BCUT2D eigenvalue weighted by Crippen LogP contribution is -2.33. The lowest BCUT2D eigenvalue weighted by molar-refractivity contribution is -0.115. The predicted molar refractivity (Wildman–Crippen MR) is 89.8 cm³/mol. The van der Waals surface area contributed by atoms with Crippen LogP contribution in [-0.4, -0.2) is 25.3 Å². The van der Waals surface area contributed by atoms with Crippen molar-refractivity contribution in [2.24, 2.45) is 0 Å². The first-order valence-electron chi connectivity index (χ1n) is 6.70. The van der Waals surface area contributed by atoms with Crippen LogP contribution >= 0.6 is 11.3 Å². The number of amides is 1. The van der Waals surface area contributed by atoms with Crippen LogP contribution < -0.4 is 5.32 Å². The van der Waals surface area contributed by atoms with Gasteiger partial charge in [0.15, 0.2) is 9.84 Å². The van der Waals surface area contributed by atoms with Crippen LogP contribution in [-0.2, 0) is 20.0 Å². The highest BCUT2D eigenvalue weighted by atomic mass is 32.2. The van der Waals surface area contributed by atoms with Crippen LogP contribution in [0.5, 0.6) is 0 Å². The third-order valence-corrected chi connectivity index (χ3v) is 6.09. The zero-order valence-corrected chi connectivity index (χ0v) is 14.8. The van der Waals surface area contributed by atoms with Gasteiger partial charge in [-0.15, -0.1) is 17.9 Å². The molecule has 1 amide bonds. The molecule has 1 heterocycles. The number of hydrogen-bond donors (Lipinski definition) is 1. The Labute approximate surface area is 135 Å². The molecule has 0 aliphatic heterocycles. The van der Waals surface area contributed by atoms with Crippen molar-refractivity contribution in [1.29, 1.82) is 5.26 Å².